The van der Waals surface area contributed by atoms with E-state index in [1.54, 1.807) is 13.3 Å². The number of hydrogen-bond acceptors (Lipinski definition) is 4. The van der Waals surface area contributed by atoms with Crippen molar-refractivity contribution in [3.8, 4) is 5.88 Å². The quantitative estimate of drug-likeness (QED) is 0.879. The summed E-state index contributed by atoms with van der Waals surface area (Å²) in [7, 11) is 1.63. The van der Waals surface area contributed by atoms with Crippen molar-refractivity contribution in [1.29, 1.82) is 0 Å². The van der Waals surface area contributed by atoms with E-state index >= 15 is 0 Å². The molecule has 5 nitrogen and oxygen atoms in total. The van der Waals surface area contributed by atoms with Crippen LogP contribution in [0.2, 0.25) is 0 Å². The molecular weight excluding hydrogens is 252 g/mol. The predicted molar refractivity (Wildman–Crippen MR) is 78.6 cm³/mol. The Labute approximate surface area is 119 Å². The van der Waals surface area contributed by atoms with E-state index in [9.17, 15) is 0 Å². The van der Waals surface area contributed by atoms with Crippen molar-refractivity contribution in [2.24, 2.45) is 0 Å². The average molecular weight is 274 g/mol. The first-order valence-corrected chi connectivity index (χ1v) is 6.73. The molecule has 0 radical (unpaired) electrons. The second kappa shape index (κ2) is 6.05. The van der Waals surface area contributed by atoms with Crippen LogP contribution >= 0.6 is 0 Å². The minimum Gasteiger partial charge on any atom is -0.481 e. The van der Waals surface area contributed by atoms with Crippen LogP contribution in [0.4, 0.5) is 0 Å². The zero-order chi connectivity index (χ0) is 14.6. The Balaban J connectivity index is 1.95. The van der Waals surface area contributed by atoms with Gasteiger partial charge in [-0.3, -0.25) is 5.10 Å². The largest absolute Gasteiger partial charge is 0.481 e. The van der Waals surface area contributed by atoms with Gasteiger partial charge in [-0.1, -0.05) is 20.8 Å². The van der Waals surface area contributed by atoms with Crippen LogP contribution in [0, 0.1) is 0 Å². The van der Waals surface area contributed by atoms with Crippen molar-refractivity contribution >= 4 is 0 Å². The molecule has 0 saturated carbocycles. The molecule has 0 bridgehead atoms. The van der Waals surface area contributed by atoms with Gasteiger partial charge in [0, 0.05) is 42.0 Å². The molecule has 0 aromatic carbocycles. The topological polar surface area (TPSA) is 62.8 Å². The van der Waals surface area contributed by atoms with Crippen molar-refractivity contribution in [2.75, 3.05) is 7.11 Å². The highest BCUT2D eigenvalue weighted by Gasteiger charge is 2.19. The van der Waals surface area contributed by atoms with E-state index in [2.05, 4.69) is 41.3 Å². The van der Waals surface area contributed by atoms with E-state index in [0.29, 0.717) is 5.88 Å². The van der Waals surface area contributed by atoms with Crippen LogP contribution in [0.5, 0.6) is 5.88 Å². The standard InChI is InChI=1S/C15H22N4O/c1-15(2,3)14-12(10-18-19-14)9-16-8-11-5-6-17-13(7-11)20-4/h5-7,10,16H,8-9H2,1-4H3,(H,18,19). The average Bonchev–Trinajstić information content (AvgIpc) is 2.87. The van der Waals surface area contributed by atoms with Crippen molar-refractivity contribution in [1.82, 2.24) is 20.5 Å². The maximum Gasteiger partial charge on any atom is 0.213 e. The van der Waals surface area contributed by atoms with E-state index in [4.69, 9.17) is 4.74 Å². The van der Waals surface area contributed by atoms with Gasteiger partial charge in [0.1, 0.15) is 0 Å². The number of methoxy groups -OCH3 is 1. The number of pyridine rings is 1. The summed E-state index contributed by atoms with van der Waals surface area (Å²) in [6, 6.07) is 3.92. The Kier molecular flexibility index (Phi) is 4.39. The molecule has 2 aromatic heterocycles. The monoisotopic (exact) mass is 274 g/mol. The number of H-pyrrole nitrogens is 1. The van der Waals surface area contributed by atoms with Gasteiger partial charge in [0.25, 0.3) is 0 Å². The number of nitrogens with zero attached hydrogens (tertiary/aromatic N) is 2. The van der Waals surface area contributed by atoms with Crippen molar-refractivity contribution in [2.45, 2.75) is 39.3 Å². The van der Waals surface area contributed by atoms with E-state index in [0.717, 1.165) is 18.7 Å². The summed E-state index contributed by atoms with van der Waals surface area (Å²) in [5.41, 5.74) is 3.61. The molecule has 2 rings (SSSR count). The molecule has 0 amide bonds. The molecule has 0 fully saturated rings. The van der Waals surface area contributed by atoms with Crippen LogP contribution in [-0.2, 0) is 18.5 Å². The molecule has 0 aliphatic carbocycles. The van der Waals surface area contributed by atoms with Crippen LogP contribution in [0.3, 0.4) is 0 Å². The van der Waals surface area contributed by atoms with Gasteiger partial charge in [-0.25, -0.2) is 4.98 Å². The number of aromatic amines is 1. The molecule has 20 heavy (non-hydrogen) atoms. The first-order valence-electron chi connectivity index (χ1n) is 6.73. The van der Waals surface area contributed by atoms with Crippen LogP contribution in [0.1, 0.15) is 37.6 Å². The third-order valence-electron chi connectivity index (χ3n) is 3.12. The Morgan fingerprint density at radius 3 is 2.80 bits per heavy atom. The van der Waals surface area contributed by atoms with Crippen LogP contribution in [0.25, 0.3) is 0 Å². The minimum absolute atomic E-state index is 0.0768. The SMILES string of the molecule is COc1cc(CNCc2cn[nH]c2C(C)(C)C)ccn1. The minimum atomic E-state index is 0.0768. The molecule has 2 heterocycles. The summed E-state index contributed by atoms with van der Waals surface area (Å²) in [6.45, 7) is 8.09. The highest BCUT2D eigenvalue weighted by atomic mass is 16.5. The fourth-order valence-electron chi connectivity index (χ4n) is 2.11. The van der Waals surface area contributed by atoms with Crippen molar-refractivity contribution in [3.63, 3.8) is 0 Å². The fraction of sp³-hybridized carbons (Fsp3) is 0.467. The van der Waals surface area contributed by atoms with Crippen LogP contribution in [0.15, 0.2) is 24.5 Å². The molecular formula is C15H22N4O. The van der Waals surface area contributed by atoms with Gasteiger partial charge in [0.2, 0.25) is 5.88 Å². The number of ether oxygens (including phenoxy) is 1. The summed E-state index contributed by atoms with van der Waals surface area (Å²) >= 11 is 0. The lowest BCUT2D eigenvalue weighted by Gasteiger charge is -2.18. The van der Waals surface area contributed by atoms with E-state index < -0.39 is 0 Å². The molecule has 5 heteroatoms. The normalized spacial score (nSPS) is 11.6. The van der Waals surface area contributed by atoms with Gasteiger partial charge in [0.05, 0.1) is 13.3 Å². The molecule has 0 spiro atoms. The van der Waals surface area contributed by atoms with Crippen LogP contribution in [-0.4, -0.2) is 22.3 Å². The van der Waals surface area contributed by atoms with Gasteiger partial charge in [-0.2, -0.15) is 5.10 Å². The maximum atomic E-state index is 5.12. The molecule has 0 unspecified atom stereocenters. The summed E-state index contributed by atoms with van der Waals surface area (Å²) in [6.07, 6.45) is 3.65. The Hall–Kier alpha value is -1.88. The van der Waals surface area contributed by atoms with Gasteiger partial charge < -0.3 is 10.1 Å². The second-order valence-corrected chi connectivity index (χ2v) is 5.83. The van der Waals surface area contributed by atoms with Crippen molar-refractivity contribution < 1.29 is 4.74 Å². The number of nitrogens with one attached hydrogen (secondary N) is 2. The maximum absolute atomic E-state index is 5.12. The molecule has 0 aliphatic heterocycles. The highest BCUT2D eigenvalue weighted by molar-refractivity contribution is 5.24. The lowest BCUT2D eigenvalue weighted by atomic mass is 9.89. The van der Waals surface area contributed by atoms with Gasteiger partial charge in [0.15, 0.2) is 0 Å². The second-order valence-electron chi connectivity index (χ2n) is 5.83. The van der Waals surface area contributed by atoms with E-state index in [1.165, 1.54) is 11.3 Å². The summed E-state index contributed by atoms with van der Waals surface area (Å²) in [5.74, 6) is 0.642. The molecule has 108 valence electrons. The molecule has 2 N–H and O–H groups in total. The van der Waals surface area contributed by atoms with E-state index in [1.807, 2.05) is 18.3 Å². The zero-order valence-corrected chi connectivity index (χ0v) is 12.5. The van der Waals surface area contributed by atoms with E-state index in [-0.39, 0.29) is 5.41 Å². The lowest BCUT2D eigenvalue weighted by Crippen LogP contribution is -2.19. The fourth-order valence-corrected chi connectivity index (χ4v) is 2.11. The molecule has 0 aliphatic rings. The summed E-state index contributed by atoms with van der Waals surface area (Å²) in [5, 5.41) is 10.7. The lowest BCUT2D eigenvalue weighted by molar-refractivity contribution is 0.397. The van der Waals surface area contributed by atoms with Gasteiger partial charge in [-0.05, 0) is 11.6 Å². The summed E-state index contributed by atoms with van der Waals surface area (Å²) in [4.78, 5) is 4.10. The summed E-state index contributed by atoms with van der Waals surface area (Å²) < 4.78 is 5.12. The third-order valence-corrected chi connectivity index (χ3v) is 3.12. The van der Waals surface area contributed by atoms with Gasteiger partial charge >= 0.3 is 0 Å². The first kappa shape index (κ1) is 14.5. The number of aromatic nitrogens is 3. The first-order chi connectivity index (χ1) is 9.50. The van der Waals surface area contributed by atoms with Gasteiger partial charge in [-0.15, -0.1) is 0 Å². The molecule has 0 atom stereocenters. The van der Waals surface area contributed by atoms with Crippen molar-refractivity contribution in [3.05, 3.63) is 41.3 Å². The Morgan fingerprint density at radius 1 is 1.30 bits per heavy atom. The smallest absolute Gasteiger partial charge is 0.213 e. The Morgan fingerprint density at radius 2 is 2.10 bits per heavy atom. The molecule has 2 aromatic rings. The number of hydrogen-bond donors (Lipinski definition) is 2. The third kappa shape index (κ3) is 3.57. The van der Waals surface area contributed by atoms with Crippen LogP contribution < -0.4 is 10.1 Å². The highest BCUT2D eigenvalue weighted by Crippen LogP contribution is 2.23. The number of rotatable bonds is 5. The predicted octanol–water partition coefficient (Wildman–Crippen LogP) is 2.40. The zero-order valence-electron chi connectivity index (χ0n) is 12.5. The Bertz CT molecular complexity index is 557. The molecule has 0 saturated heterocycles.